The molecule has 1 aromatic heterocycles. The van der Waals surface area contributed by atoms with Crippen LogP contribution in [0.15, 0.2) is 24.3 Å². The summed E-state index contributed by atoms with van der Waals surface area (Å²) in [7, 11) is 1.96. The van der Waals surface area contributed by atoms with E-state index in [0.29, 0.717) is 19.3 Å². The molecule has 0 amide bonds. The van der Waals surface area contributed by atoms with Crippen molar-refractivity contribution in [2.45, 2.75) is 43.8 Å². The molecule has 1 aliphatic carbocycles. The Balaban J connectivity index is 1.87. The van der Waals surface area contributed by atoms with Gasteiger partial charge in [-0.15, -0.1) is 0 Å². The second-order valence-electron chi connectivity index (χ2n) is 5.74. The van der Waals surface area contributed by atoms with Crippen LogP contribution in [0.5, 0.6) is 0 Å². The minimum absolute atomic E-state index is 0.171. The molecule has 0 unspecified atom stereocenters. The van der Waals surface area contributed by atoms with Gasteiger partial charge in [0, 0.05) is 19.5 Å². The molecule has 19 heavy (non-hydrogen) atoms. The van der Waals surface area contributed by atoms with Crippen LogP contribution in [0.2, 0.25) is 0 Å². The van der Waals surface area contributed by atoms with Crippen LogP contribution in [0.3, 0.4) is 0 Å². The lowest BCUT2D eigenvalue weighted by molar-refractivity contribution is 0.0965. The molecular formula is C15H20FN3. The number of alkyl halides is 1. The Morgan fingerprint density at radius 3 is 2.74 bits per heavy atom. The smallest absolute Gasteiger partial charge is 0.118 e. The molecule has 102 valence electrons. The predicted molar refractivity (Wildman–Crippen MR) is 74.7 cm³/mol. The molecule has 0 bridgehead atoms. The van der Waals surface area contributed by atoms with Gasteiger partial charge >= 0.3 is 0 Å². The first-order valence-corrected chi connectivity index (χ1v) is 6.92. The fourth-order valence-electron chi connectivity index (χ4n) is 2.97. The van der Waals surface area contributed by atoms with Gasteiger partial charge in [0.25, 0.3) is 0 Å². The minimum Gasteiger partial charge on any atom is -0.331 e. The first kappa shape index (κ1) is 12.6. The molecular weight excluding hydrogens is 241 g/mol. The van der Waals surface area contributed by atoms with Gasteiger partial charge in [0.05, 0.1) is 11.0 Å². The van der Waals surface area contributed by atoms with Crippen molar-refractivity contribution in [1.29, 1.82) is 0 Å². The summed E-state index contributed by atoms with van der Waals surface area (Å²) in [5.74, 6) is 0.833. The van der Waals surface area contributed by atoms with Crippen LogP contribution in [0, 0.1) is 0 Å². The van der Waals surface area contributed by atoms with Crippen LogP contribution >= 0.6 is 0 Å². The number of nitrogens with zero attached hydrogens (tertiary/aromatic N) is 2. The second kappa shape index (κ2) is 4.60. The van der Waals surface area contributed by atoms with Crippen molar-refractivity contribution < 1.29 is 4.39 Å². The van der Waals surface area contributed by atoms with E-state index in [-0.39, 0.29) is 6.04 Å². The van der Waals surface area contributed by atoms with Gasteiger partial charge in [-0.3, -0.25) is 0 Å². The molecule has 2 aromatic rings. The highest BCUT2D eigenvalue weighted by atomic mass is 19.1. The molecule has 1 saturated carbocycles. The van der Waals surface area contributed by atoms with Gasteiger partial charge in [-0.2, -0.15) is 0 Å². The van der Waals surface area contributed by atoms with Crippen LogP contribution in [0.1, 0.15) is 31.5 Å². The van der Waals surface area contributed by atoms with Crippen molar-refractivity contribution >= 4 is 11.0 Å². The van der Waals surface area contributed by atoms with Crippen molar-refractivity contribution in [3.8, 4) is 0 Å². The Hall–Kier alpha value is -1.42. The number of nitrogens with two attached hydrogens (primary N) is 1. The van der Waals surface area contributed by atoms with Crippen LogP contribution in [0.4, 0.5) is 4.39 Å². The third-order valence-electron chi connectivity index (χ3n) is 4.28. The number of benzene rings is 1. The van der Waals surface area contributed by atoms with Gasteiger partial charge in [0.2, 0.25) is 0 Å². The summed E-state index contributed by atoms with van der Waals surface area (Å²) in [6.07, 6.45) is 3.06. The molecule has 1 fully saturated rings. The summed E-state index contributed by atoms with van der Waals surface area (Å²) in [4.78, 5) is 4.56. The van der Waals surface area contributed by atoms with Crippen molar-refractivity contribution in [3.05, 3.63) is 30.1 Å². The summed E-state index contributed by atoms with van der Waals surface area (Å²) in [5.41, 5.74) is 6.72. The minimum atomic E-state index is -1.13. The lowest BCUT2D eigenvalue weighted by Crippen LogP contribution is -2.37. The third-order valence-corrected chi connectivity index (χ3v) is 4.28. The summed E-state index contributed by atoms with van der Waals surface area (Å²) >= 11 is 0. The van der Waals surface area contributed by atoms with Crippen molar-refractivity contribution in [2.75, 3.05) is 0 Å². The largest absolute Gasteiger partial charge is 0.331 e. The van der Waals surface area contributed by atoms with E-state index >= 15 is 0 Å². The average Bonchev–Trinajstić information content (AvgIpc) is 2.71. The summed E-state index contributed by atoms with van der Waals surface area (Å²) in [6.45, 7) is 0. The molecule has 4 heteroatoms. The number of aromatic nitrogens is 2. The Morgan fingerprint density at radius 2 is 2.05 bits per heavy atom. The SMILES string of the molecule is Cn1c(CC2(F)CCC(N)CC2)nc2ccccc21. The number of para-hydroxylation sites is 2. The third kappa shape index (κ3) is 2.37. The molecule has 1 aliphatic rings. The maximum Gasteiger partial charge on any atom is 0.118 e. The van der Waals surface area contributed by atoms with E-state index in [1.165, 1.54) is 0 Å². The van der Waals surface area contributed by atoms with Crippen LogP contribution in [0.25, 0.3) is 11.0 Å². The Kier molecular flexibility index (Phi) is 3.05. The Morgan fingerprint density at radius 1 is 1.37 bits per heavy atom. The number of aryl methyl sites for hydroxylation is 1. The lowest BCUT2D eigenvalue weighted by atomic mass is 9.81. The zero-order chi connectivity index (χ0) is 13.5. The van der Waals surface area contributed by atoms with Gasteiger partial charge in [-0.1, -0.05) is 12.1 Å². The first-order valence-electron chi connectivity index (χ1n) is 6.92. The lowest BCUT2D eigenvalue weighted by Gasteiger charge is -2.32. The fraction of sp³-hybridized carbons (Fsp3) is 0.533. The number of rotatable bonds is 2. The highest BCUT2D eigenvalue weighted by molar-refractivity contribution is 5.75. The number of hydrogen-bond donors (Lipinski definition) is 1. The number of imidazole rings is 1. The van der Waals surface area contributed by atoms with Crippen molar-refractivity contribution in [2.24, 2.45) is 12.8 Å². The summed E-state index contributed by atoms with van der Waals surface area (Å²) < 4.78 is 16.8. The molecule has 3 nitrogen and oxygen atoms in total. The zero-order valence-electron chi connectivity index (χ0n) is 11.3. The van der Waals surface area contributed by atoms with Gasteiger partial charge in [0.15, 0.2) is 0 Å². The van der Waals surface area contributed by atoms with E-state index in [1.54, 1.807) is 0 Å². The highest BCUT2D eigenvalue weighted by Crippen LogP contribution is 2.34. The molecule has 2 N–H and O–H groups in total. The fourth-order valence-corrected chi connectivity index (χ4v) is 2.97. The van der Waals surface area contributed by atoms with E-state index < -0.39 is 5.67 Å². The van der Waals surface area contributed by atoms with E-state index in [0.717, 1.165) is 29.7 Å². The molecule has 0 saturated heterocycles. The first-order chi connectivity index (χ1) is 9.07. The molecule has 0 atom stereocenters. The van der Waals surface area contributed by atoms with E-state index in [2.05, 4.69) is 4.98 Å². The number of hydrogen-bond acceptors (Lipinski definition) is 2. The summed E-state index contributed by atoms with van der Waals surface area (Å²) in [5, 5.41) is 0. The normalized spacial score (nSPS) is 27.8. The molecule has 0 radical (unpaired) electrons. The molecule has 0 aliphatic heterocycles. The van der Waals surface area contributed by atoms with Crippen LogP contribution in [-0.4, -0.2) is 21.3 Å². The van der Waals surface area contributed by atoms with Crippen molar-refractivity contribution in [3.63, 3.8) is 0 Å². The second-order valence-corrected chi connectivity index (χ2v) is 5.74. The van der Waals surface area contributed by atoms with Gasteiger partial charge in [-0.05, 0) is 37.8 Å². The molecule has 3 rings (SSSR count). The van der Waals surface area contributed by atoms with Crippen LogP contribution < -0.4 is 5.73 Å². The zero-order valence-corrected chi connectivity index (χ0v) is 11.3. The highest BCUT2D eigenvalue weighted by Gasteiger charge is 2.35. The molecule has 1 aromatic carbocycles. The topological polar surface area (TPSA) is 43.8 Å². The number of halogens is 1. The van der Waals surface area contributed by atoms with Crippen LogP contribution in [-0.2, 0) is 13.5 Å². The van der Waals surface area contributed by atoms with E-state index in [1.807, 2.05) is 35.9 Å². The van der Waals surface area contributed by atoms with E-state index in [4.69, 9.17) is 5.73 Å². The maximum absolute atomic E-state index is 14.8. The number of fused-ring (bicyclic) bond motifs is 1. The monoisotopic (exact) mass is 261 g/mol. The Bertz CT molecular complexity index is 582. The molecule has 0 spiro atoms. The summed E-state index contributed by atoms with van der Waals surface area (Å²) in [6, 6.07) is 8.11. The van der Waals surface area contributed by atoms with Gasteiger partial charge in [0.1, 0.15) is 11.5 Å². The van der Waals surface area contributed by atoms with E-state index in [9.17, 15) is 4.39 Å². The quantitative estimate of drug-likeness (QED) is 0.903. The maximum atomic E-state index is 14.8. The molecule has 1 heterocycles. The standard InChI is InChI=1S/C15H20FN3/c1-19-13-5-3-2-4-12(13)18-14(19)10-15(16)8-6-11(17)7-9-15/h2-5,11H,6-10,17H2,1H3. The van der Waals surface area contributed by atoms with Gasteiger partial charge in [-0.25, -0.2) is 9.37 Å². The average molecular weight is 261 g/mol. The Labute approximate surface area is 112 Å². The van der Waals surface area contributed by atoms with Crippen molar-refractivity contribution in [1.82, 2.24) is 9.55 Å². The van der Waals surface area contributed by atoms with Gasteiger partial charge < -0.3 is 10.3 Å². The predicted octanol–water partition coefficient (Wildman–Crippen LogP) is 2.73.